The normalized spacial score (nSPS) is 15.0. The van der Waals surface area contributed by atoms with Gasteiger partial charge in [0.15, 0.2) is 0 Å². The van der Waals surface area contributed by atoms with E-state index in [4.69, 9.17) is 4.74 Å². The maximum atomic E-state index is 13.0. The molecule has 1 aromatic carbocycles. The van der Waals surface area contributed by atoms with Crippen molar-refractivity contribution in [3.63, 3.8) is 0 Å². The van der Waals surface area contributed by atoms with E-state index in [0.717, 1.165) is 51.8 Å². The van der Waals surface area contributed by atoms with Gasteiger partial charge in [0, 0.05) is 51.5 Å². The Bertz CT molecular complexity index is 824. The van der Waals surface area contributed by atoms with Gasteiger partial charge >= 0.3 is 0 Å². The average molecular weight is 413 g/mol. The van der Waals surface area contributed by atoms with Gasteiger partial charge in [0.25, 0.3) is 0 Å². The Hall–Kier alpha value is -2.18. The van der Waals surface area contributed by atoms with Crippen molar-refractivity contribution in [1.82, 2.24) is 19.4 Å². The van der Waals surface area contributed by atoms with Crippen LogP contribution in [0.2, 0.25) is 0 Å². The SMILES string of the molecule is Cc1ccc(C)c(Cn2ccnc2CN(CCN2CCOCC2)C(=O)CC(C)C)c1. The lowest BCUT2D eigenvalue weighted by molar-refractivity contribution is -0.133. The molecule has 0 aliphatic carbocycles. The van der Waals surface area contributed by atoms with Gasteiger partial charge in [0.05, 0.1) is 19.8 Å². The van der Waals surface area contributed by atoms with Crippen LogP contribution in [-0.4, -0.2) is 64.7 Å². The maximum Gasteiger partial charge on any atom is 0.223 e. The number of hydrogen-bond donors (Lipinski definition) is 0. The first-order valence-corrected chi connectivity index (χ1v) is 11.1. The Morgan fingerprint density at radius 1 is 1.23 bits per heavy atom. The Labute approximate surface area is 180 Å². The average Bonchev–Trinajstić information content (AvgIpc) is 3.14. The molecular formula is C24H36N4O2. The fraction of sp³-hybridized carbons (Fsp3) is 0.583. The van der Waals surface area contributed by atoms with Gasteiger partial charge < -0.3 is 14.2 Å². The fourth-order valence-electron chi connectivity index (χ4n) is 3.82. The highest BCUT2D eigenvalue weighted by Crippen LogP contribution is 2.15. The van der Waals surface area contributed by atoms with Gasteiger partial charge in [-0.05, 0) is 30.9 Å². The Balaban J connectivity index is 1.71. The lowest BCUT2D eigenvalue weighted by Gasteiger charge is -2.30. The summed E-state index contributed by atoms with van der Waals surface area (Å²) in [5.74, 6) is 1.49. The third kappa shape index (κ3) is 6.41. The van der Waals surface area contributed by atoms with E-state index >= 15 is 0 Å². The van der Waals surface area contributed by atoms with E-state index in [1.165, 1.54) is 16.7 Å². The van der Waals surface area contributed by atoms with Crippen molar-refractivity contribution >= 4 is 5.91 Å². The fourth-order valence-corrected chi connectivity index (χ4v) is 3.82. The van der Waals surface area contributed by atoms with Crippen LogP contribution in [0.3, 0.4) is 0 Å². The molecule has 30 heavy (non-hydrogen) atoms. The summed E-state index contributed by atoms with van der Waals surface area (Å²) in [5.41, 5.74) is 3.83. The number of carbonyl (C=O) groups is 1. The standard InChI is InChI=1S/C24H36N4O2/c1-19(2)15-24(29)28(10-9-26-11-13-30-14-12-26)18-23-25-7-8-27(23)17-22-16-20(3)5-6-21(22)4/h5-8,16,19H,9-15,17-18H2,1-4H3. The zero-order valence-corrected chi connectivity index (χ0v) is 18.9. The van der Waals surface area contributed by atoms with Crippen LogP contribution in [0.5, 0.6) is 0 Å². The molecule has 0 unspecified atom stereocenters. The summed E-state index contributed by atoms with van der Waals surface area (Å²) in [6.45, 7) is 14.8. The largest absolute Gasteiger partial charge is 0.379 e. The summed E-state index contributed by atoms with van der Waals surface area (Å²) in [7, 11) is 0. The molecule has 2 aromatic rings. The summed E-state index contributed by atoms with van der Waals surface area (Å²) in [6.07, 6.45) is 4.43. The number of ether oxygens (including phenoxy) is 1. The maximum absolute atomic E-state index is 13.0. The van der Waals surface area contributed by atoms with Crippen LogP contribution < -0.4 is 0 Å². The topological polar surface area (TPSA) is 50.6 Å². The molecule has 6 heteroatoms. The summed E-state index contributed by atoms with van der Waals surface area (Å²) in [6, 6.07) is 6.55. The van der Waals surface area contributed by atoms with E-state index in [-0.39, 0.29) is 5.91 Å². The van der Waals surface area contributed by atoms with Crippen LogP contribution in [0.1, 0.15) is 42.8 Å². The summed E-state index contributed by atoms with van der Waals surface area (Å²) in [4.78, 5) is 21.9. The molecule has 0 N–H and O–H groups in total. The highest BCUT2D eigenvalue weighted by atomic mass is 16.5. The molecule has 1 aliphatic heterocycles. The van der Waals surface area contributed by atoms with Gasteiger partial charge in [-0.25, -0.2) is 4.98 Å². The number of aromatic nitrogens is 2. The van der Waals surface area contributed by atoms with Crippen LogP contribution in [0, 0.1) is 19.8 Å². The van der Waals surface area contributed by atoms with Crippen molar-refractivity contribution in [3.05, 3.63) is 53.1 Å². The number of benzene rings is 1. The monoisotopic (exact) mass is 412 g/mol. The highest BCUT2D eigenvalue weighted by Gasteiger charge is 2.20. The van der Waals surface area contributed by atoms with Crippen molar-refractivity contribution in [1.29, 1.82) is 0 Å². The van der Waals surface area contributed by atoms with Gasteiger partial charge in [-0.3, -0.25) is 9.69 Å². The molecule has 1 amide bonds. The Morgan fingerprint density at radius 2 is 2.00 bits per heavy atom. The number of rotatable bonds is 9. The number of morpholine rings is 1. The number of amides is 1. The number of nitrogens with zero attached hydrogens (tertiary/aromatic N) is 4. The van der Waals surface area contributed by atoms with Gasteiger partial charge in [-0.15, -0.1) is 0 Å². The zero-order chi connectivity index (χ0) is 21.5. The van der Waals surface area contributed by atoms with Crippen LogP contribution in [0.15, 0.2) is 30.6 Å². The first-order valence-electron chi connectivity index (χ1n) is 11.1. The molecule has 164 valence electrons. The van der Waals surface area contributed by atoms with Crippen LogP contribution in [0.4, 0.5) is 0 Å². The van der Waals surface area contributed by atoms with E-state index < -0.39 is 0 Å². The van der Waals surface area contributed by atoms with Gasteiger partial charge in [-0.1, -0.05) is 37.6 Å². The molecule has 2 heterocycles. The predicted octanol–water partition coefficient (Wildman–Crippen LogP) is 3.26. The van der Waals surface area contributed by atoms with E-state index in [9.17, 15) is 4.79 Å². The second-order valence-electron chi connectivity index (χ2n) is 8.77. The van der Waals surface area contributed by atoms with Gasteiger partial charge in [-0.2, -0.15) is 0 Å². The van der Waals surface area contributed by atoms with Crippen molar-refractivity contribution in [3.8, 4) is 0 Å². The Morgan fingerprint density at radius 3 is 2.73 bits per heavy atom. The third-order valence-electron chi connectivity index (χ3n) is 5.70. The predicted molar refractivity (Wildman–Crippen MR) is 119 cm³/mol. The molecule has 1 fully saturated rings. The van der Waals surface area contributed by atoms with Crippen molar-refractivity contribution in [2.24, 2.45) is 5.92 Å². The number of hydrogen-bond acceptors (Lipinski definition) is 4. The molecule has 0 atom stereocenters. The van der Waals surface area contributed by atoms with Crippen LogP contribution in [-0.2, 0) is 22.6 Å². The van der Waals surface area contributed by atoms with Crippen molar-refractivity contribution in [2.75, 3.05) is 39.4 Å². The molecule has 1 aromatic heterocycles. The highest BCUT2D eigenvalue weighted by molar-refractivity contribution is 5.76. The minimum atomic E-state index is 0.208. The Kier molecular flexibility index (Phi) is 8.05. The molecule has 1 aliphatic rings. The van der Waals surface area contributed by atoms with E-state index in [2.05, 4.69) is 60.3 Å². The van der Waals surface area contributed by atoms with Crippen molar-refractivity contribution in [2.45, 2.75) is 47.2 Å². The van der Waals surface area contributed by atoms with Gasteiger partial charge in [0.2, 0.25) is 5.91 Å². The molecule has 6 nitrogen and oxygen atoms in total. The quantitative estimate of drug-likeness (QED) is 0.634. The van der Waals surface area contributed by atoms with Crippen LogP contribution >= 0.6 is 0 Å². The number of carbonyl (C=O) groups excluding carboxylic acids is 1. The molecule has 1 saturated heterocycles. The van der Waals surface area contributed by atoms with E-state index in [1.54, 1.807) is 0 Å². The molecule has 0 radical (unpaired) electrons. The molecule has 3 rings (SSSR count). The van der Waals surface area contributed by atoms with Gasteiger partial charge in [0.1, 0.15) is 5.82 Å². The summed E-state index contributed by atoms with van der Waals surface area (Å²) in [5, 5.41) is 0. The lowest BCUT2D eigenvalue weighted by atomic mass is 10.1. The molecular weight excluding hydrogens is 376 g/mol. The van der Waals surface area contributed by atoms with E-state index in [1.807, 2.05) is 17.3 Å². The lowest BCUT2D eigenvalue weighted by Crippen LogP contribution is -2.43. The minimum absolute atomic E-state index is 0.208. The molecule has 0 bridgehead atoms. The first kappa shape index (κ1) is 22.5. The molecule has 0 spiro atoms. The van der Waals surface area contributed by atoms with Crippen molar-refractivity contribution < 1.29 is 9.53 Å². The first-order chi connectivity index (χ1) is 14.4. The summed E-state index contributed by atoms with van der Waals surface area (Å²) < 4.78 is 7.62. The number of imidazole rings is 1. The smallest absolute Gasteiger partial charge is 0.223 e. The van der Waals surface area contributed by atoms with Crippen LogP contribution in [0.25, 0.3) is 0 Å². The zero-order valence-electron chi connectivity index (χ0n) is 18.9. The number of aryl methyl sites for hydroxylation is 2. The molecule has 0 saturated carbocycles. The second kappa shape index (κ2) is 10.7. The van der Waals surface area contributed by atoms with E-state index in [0.29, 0.717) is 18.9 Å². The minimum Gasteiger partial charge on any atom is -0.379 e. The second-order valence-corrected chi connectivity index (χ2v) is 8.77. The summed E-state index contributed by atoms with van der Waals surface area (Å²) >= 11 is 0. The third-order valence-corrected chi connectivity index (χ3v) is 5.70.